The Labute approximate surface area is 80.7 Å². The summed E-state index contributed by atoms with van der Waals surface area (Å²) in [5, 5.41) is 8.83. The molecule has 0 saturated heterocycles. The highest BCUT2D eigenvalue weighted by molar-refractivity contribution is 5.70. The van der Waals surface area contributed by atoms with Gasteiger partial charge in [-0.2, -0.15) is 0 Å². The zero-order valence-electron chi connectivity index (χ0n) is 8.62. The third-order valence-corrected chi connectivity index (χ3v) is 2.03. The summed E-state index contributed by atoms with van der Waals surface area (Å²) in [5.74, 6) is -0.846. The van der Waals surface area contributed by atoms with Crippen LogP contribution >= 0.6 is 0 Å². The van der Waals surface area contributed by atoms with Crippen LogP contribution < -0.4 is 0 Å². The van der Waals surface area contributed by atoms with Gasteiger partial charge in [-0.05, 0) is 19.3 Å². The number of hydrogen-bond acceptors (Lipinski definition) is 1. The fraction of sp³-hybridized carbons (Fsp3) is 0.727. The minimum Gasteiger partial charge on any atom is -0.481 e. The number of carbonyl (C=O) groups is 1. The Bertz CT molecular complexity index is 161. The summed E-state index contributed by atoms with van der Waals surface area (Å²) in [6.45, 7) is 4.14. The first-order valence-electron chi connectivity index (χ1n) is 5.10. The third kappa shape index (κ3) is 6.38. The van der Waals surface area contributed by atoms with Crippen LogP contribution in [-0.4, -0.2) is 11.1 Å². The second-order valence-electron chi connectivity index (χ2n) is 3.32. The number of unbranched alkanes of at least 4 members (excludes halogenated alkanes) is 1. The molecule has 0 rings (SSSR count). The predicted octanol–water partition coefficient (Wildman–Crippen LogP) is 3.23. The summed E-state index contributed by atoms with van der Waals surface area (Å²) in [5.41, 5.74) is 0. The van der Waals surface area contributed by atoms with Gasteiger partial charge in [0.15, 0.2) is 0 Å². The summed E-state index contributed by atoms with van der Waals surface area (Å²) in [4.78, 5) is 10.7. The number of aliphatic carboxylic acids is 1. The van der Waals surface area contributed by atoms with Crippen LogP contribution in [0.4, 0.5) is 0 Å². The molecular weight excluding hydrogens is 164 g/mol. The molecule has 2 nitrogen and oxygen atoms in total. The zero-order valence-corrected chi connectivity index (χ0v) is 8.62. The lowest BCUT2D eigenvalue weighted by atomic mass is 10.00. The van der Waals surface area contributed by atoms with E-state index in [9.17, 15) is 4.79 Å². The number of carboxylic acids is 1. The monoisotopic (exact) mass is 184 g/mol. The van der Waals surface area contributed by atoms with Gasteiger partial charge in [0.2, 0.25) is 0 Å². The van der Waals surface area contributed by atoms with Crippen molar-refractivity contribution in [3.05, 3.63) is 12.2 Å². The van der Waals surface area contributed by atoms with Crippen LogP contribution in [0.2, 0.25) is 0 Å². The summed E-state index contributed by atoms with van der Waals surface area (Å²) in [7, 11) is 0. The van der Waals surface area contributed by atoms with Crippen molar-refractivity contribution >= 4 is 5.97 Å². The standard InChI is InChI=1S/C11H20O2/c1-3-5-6-7-9-10(8-4-2)11(12)13/h6-7,10H,3-5,8-9H2,1-2H3,(H,12,13)/b7-6+. The lowest BCUT2D eigenvalue weighted by Crippen LogP contribution is -2.12. The second-order valence-corrected chi connectivity index (χ2v) is 3.32. The molecule has 0 bridgehead atoms. The third-order valence-electron chi connectivity index (χ3n) is 2.03. The van der Waals surface area contributed by atoms with Crippen LogP contribution in [0.1, 0.15) is 46.0 Å². The van der Waals surface area contributed by atoms with E-state index in [0.29, 0.717) is 6.42 Å². The van der Waals surface area contributed by atoms with Gasteiger partial charge in [0.1, 0.15) is 0 Å². The average molecular weight is 184 g/mol. The molecule has 0 aromatic rings. The molecule has 0 aliphatic carbocycles. The highest BCUT2D eigenvalue weighted by atomic mass is 16.4. The number of rotatable bonds is 7. The maximum Gasteiger partial charge on any atom is 0.306 e. The average Bonchev–Trinajstić information content (AvgIpc) is 2.10. The van der Waals surface area contributed by atoms with Crippen molar-refractivity contribution in [1.82, 2.24) is 0 Å². The second kappa shape index (κ2) is 7.84. The van der Waals surface area contributed by atoms with Crippen LogP contribution in [0.25, 0.3) is 0 Å². The lowest BCUT2D eigenvalue weighted by Gasteiger charge is -2.06. The van der Waals surface area contributed by atoms with E-state index in [0.717, 1.165) is 25.7 Å². The van der Waals surface area contributed by atoms with Crippen molar-refractivity contribution in [1.29, 1.82) is 0 Å². The molecule has 76 valence electrons. The molecule has 0 spiro atoms. The molecule has 0 heterocycles. The molecule has 1 N–H and O–H groups in total. The first-order valence-corrected chi connectivity index (χ1v) is 5.10. The fourth-order valence-electron chi connectivity index (χ4n) is 1.24. The smallest absolute Gasteiger partial charge is 0.306 e. The van der Waals surface area contributed by atoms with Crippen LogP contribution in [0, 0.1) is 5.92 Å². The first-order chi connectivity index (χ1) is 6.22. The predicted molar refractivity (Wildman–Crippen MR) is 54.7 cm³/mol. The molecule has 0 aliphatic rings. The molecule has 0 aromatic carbocycles. The van der Waals surface area contributed by atoms with E-state index in [1.807, 2.05) is 13.0 Å². The van der Waals surface area contributed by atoms with Crippen molar-refractivity contribution < 1.29 is 9.90 Å². The summed E-state index contributed by atoms with van der Waals surface area (Å²) in [6.07, 6.45) is 8.66. The minimum absolute atomic E-state index is 0.182. The molecule has 1 unspecified atom stereocenters. The van der Waals surface area contributed by atoms with Crippen molar-refractivity contribution in [2.24, 2.45) is 5.92 Å². The molecule has 1 atom stereocenters. The molecule has 2 heteroatoms. The van der Waals surface area contributed by atoms with Crippen molar-refractivity contribution in [2.75, 3.05) is 0 Å². The molecule has 0 saturated carbocycles. The van der Waals surface area contributed by atoms with E-state index in [4.69, 9.17) is 5.11 Å². The Kier molecular flexibility index (Phi) is 7.36. The van der Waals surface area contributed by atoms with Gasteiger partial charge in [0.25, 0.3) is 0 Å². The van der Waals surface area contributed by atoms with Gasteiger partial charge in [-0.15, -0.1) is 0 Å². The largest absolute Gasteiger partial charge is 0.481 e. The van der Waals surface area contributed by atoms with Crippen molar-refractivity contribution in [2.45, 2.75) is 46.0 Å². The Morgan fingerprint density at radius 3 is 2.46 bits per heavy atom. The molecular formula is C11H20O2. The van der Waals surface area contributed by atoms with E-state index >= 15 is 0 Å². The van der Waals surface area contributed by atoms with E-state index < -0.39 is 5.97 Å². The summed E-state index contributed by atoms with van der Waals surface area (Å²) in [6, 6.07) is 0. The highest BCUT2D eigenvalue weighted by Gasteiger charge is 2.13. The molecule has 0 radical (unpaired) electrons. The summed E-state index contributed by atoms with van der Waals surface area (Å²) < 4.78 is 0. The maximum absolute atomic E-state index is 10.7. The summed E-state index contributed by atoms with van der Waals surface area (Å²) >= 11 is 0. The number of carboxylic acid groups (broad SMARTS) is 1. The highest BCUT2D eigenvalue weighted by Crippen LogP contribution is 2.12. The quantitative estimate of drug-likeness (QED) is 0.617. The van der Waals surface area contributed by atoms with Crippen LogP contribution in [0.3, 0.4) is 0 Å². The first kappa shape index (κ1) is 12.2. The van der Waals surface area contributed by atoms with Gasteiger partial charge in [0.05, 0.1) is 5.92 Å². The molecule has 0 aromatic heterocycles. The zero-order chi connectivity index (χ0) is 10.1. The molecule has 0 fully saturated rings. The van der Waals surface area contributed by atoms with Crippen LogP contribution in [-0.2, 0) is 4.79 Å². The van der Waals surface area contributed by atoms with Crippen molar-refractivity contribution in [3.8, 4) is 0 Å². The van der Waals surface area contributed by atoms with Gasteiger partial charge in [-0.1, -0.05) is 38.8 Å². The van der Waals surface area contributed by atoms with Gasteiger partial charge in [-0.25, -0.2) is 0 Å². The Morgan fingerprint density at radius 2 is 2.00 bits per heavy atom. The van der Waals surface area contributed by atoms with Crippen LogP contribution in [0.5, 0.6) is 0 Å². The van der Waals surface area contributed by atoms with Crippen LogP contribution in [0.15, 0.2) is 12.2 Å². The fourth-order valence-corrected chi connectivity index (χ4v) is 1.24. The number of allylic oxidation sites excluding steroid dienone is 2. The topological polar surface area (TPSA) is 37.3 Å². The molecule has 0 amide bonds. The van der Waals surface area contributed by atoms with Gasteiger partial charge in [-0.3, -0.25) is 4.79 Å². The number of hydrogen-bond donors (Lipinski definition) is 1. The normalized spacial score (nSPS) is 13.4. The molecule has 13 heavy (non-hydrogen) atoms. The Balaban J connectivity index is 3.75. The van der Waals surface area contributed by atoms with E-state index in [-0.39, 0.29) is 5.92 Å². The maximum atomic E-state index is 10.7. The van der Waals surface area contributed by atoms with Gasteiger partial charge in [0, 0.05) is 0 Å². The van der Waals surface area contributed by atoms with E-state index in [1.54, 1.807) is 0 Å². The SMILES string of the molecule is CCC/C=C/CC(CCC)C(=O)O. The lowest BCUT2D eigenvalue weighted by molar-refractivity contribution is -0.141. The Hall–Kier alpha value is -0.790. The van der Waals surface area contributed by atoms with Crippen molar-refractivity contribution in [3.63, 3.8) is 0 Å². The van der Waals surface area contributed by atoms with E-state index in [2.05, 4.69) is 13.0 Å². The minimum atomic E-state index is -0.664. The van der Waals surface area contributed by atoms with Gasteiger partial charge >= 0.3 is 5.97 Å². The molecule has 0 aliphatic heterocycles. The Morgan fingerprint density at radius 1 is 1.31 bits per heavy atom. The van der Waals surface area contributed by atoms with Gasteiger partial charge < -0.3 is 5.11 Å². The van der Waals surface area contributed by atoms with E-state index in [1.165, 1.54) is 0 Å².